The largest absolute Gasteiger partial charge is 0.354 e. The number of pyridine rings is 1. The van der Waals surface area contributed by atoms with Gasteiger partial charge in [-0.3, -0.25) is 4.79 Å². The SMILES string of the molecule is CC.CC.O=C1NCC12Cc1cccnc1N2. The molecular formula is C13H21N3O. The van der Waals surface area contributed by atoms with E-state index in [2.05, 4.69) is 15.6 Å². The van der Waals surface area contributed by atoms with Crippen LogP contribution in [0.4, 0.5) is 5.82 Å². The van der Waals surface area contributed by atoms with Gasteiger partial charge in [0.15, 0.2) is 0 Å². The highest BCUT2D eigenvalue weighted by Gasteiger charge is 2.50. The summed E-state index contributed by atoms with van der Waals surface area (Å²) in [4.78, 5) is 15.5. The summed E-state index contributed by atoms with van der Waals surface area (Å²) in [7, 11) is 0. The van der Waals surface area contributed by atoms with Crippen molar-refractivity contribution in [2.24, 2.45) is 0 Å². The molecule has 2 aliphatic rings. The summed E-state index contributed by atoms with van der Waals surface area (Å²) in [6, 6.07) is 3.91. The third-order valence-electron chi connectivity index (χ3n) is 2.73. The number of anilines is 1. The Hall–Kier alpha value is -1.58. The van der Waals surface area contributed by atoms with Gasteiger partial charge in [-0.25, -0.2) is 4.98 Å². The molecule has 0 bridgehead atoms. The van der Waals surface area contributed by atoms with Crippen LogP contribution in [0.2, 0.25) is 0 Å². The van der Waals surface area contributed by atoms with Gasteiger partial charge in [-0.15, -0.1) is 0 Å². The van der Waals surface area contributed by atoms with E-state index in [1.54, 1.807) is 6.20 Å². The van der Waals surface area contributed by atoms with Crippen molar-refractivity contribution in [2.45, 2.75) is 39.7 Å². The van der Waals surface area contributed by atoms with Crippen molar-refractivity contribution in [3.05, 3.63) is 23.9 Å². The fourth-order valence-electron chi connectivity index (χ4n) is 1.91. The number of fused-ring (bicyclic) bond motifs is 1. The number of carbonyl (C=O) groups is 1. The lowest BCUT2D eigenvalue weighted by Crippen LogP contribution is -2.68. The number of nitrogens with one attached hydrogen (secondary N) is 2. The third-order valence-corrected chi connectivity index (χ3v) is 2.73. The second-order valence-corrected chi connectivity index (χ2v) is 3.58. The normalized spacial score (nSPS) is 22.9. The molecule has 1 aromatic heterocycles. The lowest BCUT2D eigenvalue weighted by Gasteiger charge is -2.37. The molecule has 4 heteroatoms. The molecule has 2 aliphatic heterocycles. The van der Waals surface area contributed by atoms with Gasteiger partial charge in [-0.2, -0.15) is 0 Å². The van der Waals surface area contributed by atoms with E-state index in [0.29, 0.717) is 6.54 Å². The second kappa shape index (κ2) is 5.66. The molecule has 4 nitrogen and oxygen atoms in total. The van der Waals surface area contributed by atoms with E-state index >= 15 is 0 Å². The summed E-state index contributed by atoms with van der Waals surface area (Å²) >= 11 is 0. The van der Waals surface area contributed by atoms with E-state index in [1.165, 1.54) is 0 Å². The minimum atomic E-state index is -0.378. The van der Waals surface area contributed by atoms with Gasteiger partial charge in [0.1, 0.15) is 11.4 Å². The first-order valence-electron chi connectivity index (χ1n) is 6.31. The molecule has 2 N–H and O–H groups in total. The summed E-state index contributed by atoms with van der Waals surface area (Å²) in [6.45, 7) is 8.71. The molecule has 0 aromatic carbocycles. The van der Waals surface area contributed by atoms with Crippen LogP contribution in [0, 0.1) is 0 Å². The van der Waals surface area contributed by atoms with Crippen molar-refractivity contribution < 1.29 is 4.79 Å². The number of carbonyl (C=O) groups excluding carboxylic acids is 1. The van der Waals surface area contributed by atoms with Gasteiger partial charge in [0.25, 0.3) is 0 Å². The molecule has 3 heterocycles. The lowest BCUT2D eigenvalue weighted by atomic mass is 9.88. The number of amides is 1. The molecule has 1 atom stereocenters. The van der Waals surface area contributed by atoms with Crippen molar-refractivity contribution >= 4 is 11.7 Å². The molecule has 1 saturated heterocycles. The molecular weight excluding hydrogens is 214 g/mol. The fraction of sp³-hybridized carbons (Fsp3) is 0.538. The summed E-state index contributed by atoms with van der Waals surface area (Å²) in [5.41, 5.74) is 0.758. The Bertz CT molecular complexity index is 365. The van der Waals surface area contributed by atoms with Gasteiger partial charge in [-0.05, 0) is 11.6 Å². The Morgan fingerprint density at radius 1 is 1.29 bits per heavy atom. The maximum atomic E-state index is 11.3. The van der Waals surface area contributed by atoms with Crippen molar-refractivity contribution in [1.29, 1.82) is 0 Å². The predicted molar refractivity (Wildman–Crippen MR) is 70.0 cm³/mol. The Labute approximate surface area is 103 Å². The molecule has 3 rings (SSSR count). The number of nitrogens with zero attached hydrogens (tertiary/aromatic N) is 1. The van der Waals surface area contributed by atoms with Crippen LogP contribution in [-0.2, 0) is 11.2 Å². The molecule has 1 unspecified atom stereocenters. The summed E-state index contributed by atoms with van der Waals surface area (Å²) in [5.74, 6) is 0.947. The standard InChI is InChI=1S/C9H9N3O.2C2H6/c13-8-9(5-11-8)4-6-2-1-3-10-7(6)12-9;2*1-2/h1-3H,4-5H2,(H,10,12)(H,11,13);2*1-2H3. The number of aromatic nitrogens is 1. The molecule has 17 heavy (non-hydrogen) atoms. The minimum absolute atomic E-state index is 0.0884. The lowest BCUT2D eigenvalue weighted by molar-refractivity contribution is -0.131. The van der Waals surface area contributed by atoms with Crippen molar-refractivity contribution in [1.82, 2.24) is 10.3 Å². The Balaban J connectivity index is 0.000000330. The van der Waals surface area contributed by atoms with E-state index in [-0.39, 0.29) is 11.4 Å². The maximum absolute atomic E-state index is 11.3. The minimum Gasteiger partial charge on any atom is -0.354 e. The van der Waals surface area contributed by atoms with Crippen LogP contribution in [-0.4, -0.2) is 23.0 Å². The third kappa shape index (κ3) is 2.25. The average molecular weight is 235 g/mol. The zero-order chi connectivity index (χ0) is 12.9. The first-order valence-corrected chi connectivity index (χ1v) is 6.31. The molecule has 1 fully saturated rings. The average Bonchev–Trinajstić information content (AvgIpc) is 2.83. The van der Waals surface area contributed by atoms with Gasteiger partial charge >= 0.3 is 0 Å². The first-order chi connectivity index (χ1) is 8.30. The van der Waals surface area contributed by atoms with E-state index in [9.17, 15) is 4.79 Å². The Kier molecular flexibility index (Phi) is 4.49. The predicted octanol–water partition coefficient (Wildman–Crippen LogP) is 1.97. The zero-order valence-electron chi connectivity index (χ0n) is 11.0. The van der Waals surface area contributed by atoms with Gasteiger partial charge in [0.05, 0.1) is 6.54 Å². The van der Waals surface area contributed by atoms with E-state index in [1.807, 2.05) is 39.8 Å². The molecule has 94 valence electrons. The monoisotopic (exact) mass is 235 g/mol. The van der Waals surface area contributed by atoms with Gasteiger partial charge in [-0.1, -0.05) is 33.8 Å². The highest BCUT2D eigenvalue weighted by atomic mass is 16.2. The summed E-state index contributed by atoms with van der Waals surface area (Å²) < 4.78 is 0. The van der Waals surface area contributed by atoms with Crippen molar-refractivity contribution in [3.8, 4) is 0 Å². The fourth-order valence-corrected chi connectivity index (χ4v) is 1.91. The van der Waals surface area contributed by atoms with Crippen LogP contribution in [0.5, 0.6) is 0 Å². The smallest absolute Gasteiger partial charge is 0.248 e. The number of hydrogen-bond acceptors (Lipinski definition) is 3. The molecule has 0 saturated carbocycles. The van der Waals surface area contributed by atoms with E-state index in [0.717, 1.165) is 17.8 Å². The van der Waals surface area contributed by atoms with Crippen LogP contribution in [0.15, 0.2) is 18.3 Å². The second-order valence-electron chi connectivity index (χ2n) is 3.58. The van der Waals surface area contributed by atoms with Crippen molar-refractivity contribution in [2.75, 3.05) is 11.9 Å². The zero-order valence-corrected chi connectivity index (χ0v) is 11.0. The number of rotatable bonds is 0. The summed E-state index contributed by atoms with van der Waals surface area (Å²) in [5, 5.41) is 5.92. The number of β-lactam (4-membered cyclic amide) rings is 1. The molecule has 0 radical (unpaired) electrons. The Morgan fingerprint density at radius 2 is 2.00 bits per heavy atom. The topological polar surface area (TPSA) is 54.0 Å². The van der Waals surface area contributed by atoms with Crippen LogP contribution in [0.25, 0.3) is 0 Å². The first kappa shape index (κ1) is 13.5. The summed E-state index contributed by atoms with van der Waals surface area (Å²) in [6.07, 6.45) is 2.50. The number of hydrogen-bond donors (Lipinski definition) is 2. The van der Waals surface area contributed by atoms with Gasteiger partial charge < -0.3 is 10.6 Å². The molecule has 1 spiro atoms. The highest BCUT2D eigenvalue weighted by molar-refractivity contribution is 5.97. The van der Waals surface area contributed by atoms with E-state index < -0.39 is 0 Å². The molecule has 1 amide bonds. The maximum Gasteiger partial charge on any atom is 0.248 e. The van der Waals surface area contributed by atoms with Gasteiger partial charge in [0, 0.05) is 12.6 Å². The molecule has 1 aromatic rings. The molecule has 0 aliphatic carbocycles. The van der Waals surface area contributed by atoms with E-state index in [4.69, 9.17) is 0 Å². The van der Waals surface area contributed by atoms with Crippen LogP contribution in [0.3, 0.4) is 0 Å². The quantitative estimate of drug-likeness (QED) is 0.676. The Morgan fingerprint density at radius 3 is 2.47 bits per heavy atom. The van der Waals surface area contributed by atoms with Gasteiger partial charge in [0.2, 0.25) is 5.91 Å². The van der Waals surface area contributed by atoms with Crippen LogP contribution < -0.4 is 10.6 Å². The van der Waals surface area contributed by atoms with Crippen LogP contribution >= 0.6 is 0 Å². The highest BCUT2D eigenvalue weighted by Crippen LogP contribution is 2.33. The van der Waals surface area contributed by atoms with Crippen molar-refractivity contribution in [3.63, 3.8) is 0 Å². The van der Waals surface area contributed by atoms with Crippen LogP contribution in [0.1, 0.15) is 33.3 Å².